The number of carbonyl (C=O) groups excluding carboxylic acids is 1. The molecule has 0 aliphatic carbocycles. The molecule has 2 heterocycles. The first kappa shape index (κ1) is 10.9. The van der Waals surface area contributed by atoms with E-state index in [0.717, 1.165) is 45.9 Å². The van der Waals surface area contributed by atoms with Crippen LogP contribution in [-0.2, 0) is 9.53 Å². The van der Waals surface area contributed by atoms with Gasteiger partial charge in [-0.15, -0.1) is 0 Å². The zero-order chi connectivity index (χ0) is 10.7. The summed E-state index contributed by atoms with van der Waals surface area (Å²) in [5.74, 6) is 0.806. The Morgan fingerprint density at radius 1 is 1.27 bits per heavy atom. The molecule has 0 atom stereocenters. The van der Waals surface area contributed by atoms with Crippen molar-refractivity contribution in [1.29, 1.82) is 0 Å². The van der Waals surface area contributed by atoms with Crippen molar-refractivity contribution in [3.63, 3.8) is 0 Å². The number of piperazine rings is 1. The maximum Gasteiger partial charge on any atom is 0.223 e. The van der Waals surface area contributed by atoms with Gasteiger partial charge in [-0.1, -0.05) is 6.92 Å². The van der Waals surface area contributed by atoms with Crippen LogP contribution in [0, 0.1) is 5.92 Å². The van der Waals surface area contributed by atoms with Gasteiger partial charge in [0.25, 0.3) is 0 Å². The van der Waals surface area contributed by atoms with Gasteiger partial charge in [0.2, 0.25) is 5.91 Å². The van der Waals surface area contributed by atoms with E-state index < -0.39 is 0 Å². The number of rotatable bonds is 3. The van der Waals surface area contributed by atoms with Crippen molar-refractivity contribution in [2.24, 2.45) is 5.92 Å². The van der Waals surface area contributed by atoms with E-state index in [0.29, 0.717) is 18.2 Å². The fourth-order valence-electron chi connectivity index (χ4n) is 2.09. The number of ether oxygens (including phenoxy) is 1. The minimum atomic E-state index is 0.319. The lowest BCUT2D eigenvalue weighted by molar-refractivity contribution is -0.138. The van der Waals surface area contributed by atoms with Gasteiger partial charge in [0, 0.05) is 38.5 Å². The van der Waals surface area contributed by atoms with E-state index in [9.17, 15) is 4.79 Å². The maximum absolute atomic E-state index is 11.8. The van der Waals surface area contributed by atoms with Gasteiger partial charge in [-0.3, -0.25) is 4.79 Å². The SMILES string of the molecule is CCN1CCN(C(=O)CC2COC2)CC1. The Kier molecular flexibility index (Phi) is 3.59. The molecule has 4 heteroatoms. The van der Waals surface area contributed by atoms with Crippen molar-refractivity contribution in [3.8, 4) is 0 Å². The summed E-state index contributed by atoms with van der Waals surface area (Å²) in [5.41, 5.74) is 0. The summed E-state index contributed by atoms with van der Waals surface area (Å²) in [5, 5.41) is 0. The number of hydrogen-bond acceptors (Lipinski definition) is 3. The zero-order valence-electron chi connectivity index (χ0n) is 9.45. The van der Waals surface area contributed by atoms with Gasteiger partial charge < -0.3 is 14.5 Å². The Hall–Kier alpha value is -0.610. The van der Waals surface area contributed by atoms with E-state index in [1.165, 1.54) is 0 Å². The first-order chi connectivity index (χ1) is 7.29. The molecular weight excluding hydrogens is 192 g/mol. The van der Waals surface area contributed by atoms with Crippen LogP contribution in [0.3, 0.4) is 0 Å². The number of amides is 1. The molecule has 2 aliphatic heterocycles. The summed E-state index contributed by atoms with van der Waals surface area (Å²) in [6.45, 7) is 8.69. The lowest BCUT2D eigenvalue weighted by Gasteiger charge is -2.35. The topological polar surface area (TPSA) is 32.8 Å². The minimum Gasteiger partial charge on any atom is -0.381 e. The molecule has 2 saturated heterocycles. The molecule has 1 amide bonds. The molecule has 2 aliphatic rings. The van der Waals surface area contributed by atoms with Crippen molar-refractivity contribution in [1.82, 2.24) is 9.80 Å². The van der Waals surface area contributed by atoms with E-state index in [2.05, 4.69) is 11.8 Å². The van der Waals surface area contributed by atoms with Gasteiger partial charge >= 0.3 is 0 Å². The molecule has 0 N–H and O–H groups in total. The van der Waals surface area contributed by atoms with Gasteiger partial charge in [-0.05, 0) is 6.54 Å². The molecule has 2 rings (SSSR count). The Labute approximate surface area is 91.2 Å². The van der Waals surface area contributed by atoms with Gasteiger partial charge in [0.1, 0.15) is 0 Å². The van der Waals surface area contributed by atoms with Crippen LogP contribution in [0.25, 0.3) is 0 Å². The Balaban J connectivity index is 1.71. The molecule has 0 aromatic rings. The van der Waals surface area contributed by atoms with Crippen LogP contribution in [-0.4, -0.2) is 61.6 Å². The highest BCUT2D eigenvalue weighted by Crippen LogP contribution is 2.16. The van der Waals surface area contributed by atoms with Gasteiger partial charge in [-0.25, -0.2) is 0 Å². The molecule has 0 aromatic carbocycles. The fraction of sp³-hybridized carbons (Fsp3) is 0.909. The quantitative estimate of drug-likeness (QED) is 0.669. The van der Waals surface area contributed by atoms with Crippen LogP contribution in [0.15, 0.2) is 0 Å². The summed E-state index contributed by atoms with van der Waals surface area (Å²) in [6.07, 6.45) is 0.687. The highest BCUT2D eigenvalue weighted by atomic mass is 16.5. The summed E-state index contributed by atoms with van der Waals surface area (Å²) in [7, 11) is 0. The highest BCUT2D eigenvalue weighted by molar-refractivity contribution is 5.76. The van der Waals surface area contributed by atoms with Gasteiger partial charge in [-0.2, -0.15) is 0 Å². The molecule has 0 unspecified atom stereocenters. The van der Waals surface area contributed by atoms with Crippen molar-refractivity contribution in [2.75, 3.05) is 45.9 Å². The van der Waals surface area contributed by atoms with E-state index >= 15 is 0 Å². The van der Waals surface area contributed by atoms with Crippen LogP contribution in [0.4, 0.5) is 0 Å². The standard InChI is InChI=1S/C11H20N2O2/c1-2-12-3-5-13(6-4-12)11(14)7-10-8-15-9-10/h10H,2-9H2,1H3. The fourth-order valence-corrected chi connectivity index (χ4v) is 2.09. The number of likely N-dealkylation sites (N-methyl/N-ethyl adjacent to an activating group) is 1. The summed E-state index contributed by atoms with van der Waals surface area (Å²) in [6, 6.07) is 0. The van der Waals surface area contributed by atoms with E-state index in [1.807, 2.05) is 4.90 Å². The third-order valence-corrected chi connectivity index (χ3v) is 3.34. The Bertz CT molecular complexity index is 221. The Morgan fingerprint density at radius 2 is 1.93 bits per heavy atom. The van der Waals surface area contributed by atoms with E-state index in [4.69, 9.17) is 4.74 Å². The summed E-state index contributed by atoms with van der Waals surface area (Å²) < 4.78 is 5.08. The molecule has 0 saturated carbocycles. The first-order valence-corrected chi connectivity index (χ1v) is 5.87. The van der Waals surface area contributed by atoms with Crippen molar-refractivity contribution in [2.45, 2.75) is 13.3 Å². The van der Waals surface area contributed by atoms with Gasteiger partial charge in [0.05, 0.1) is 13.2 Å². The van der Waals surface area contributed by atoms with Crippen LogP contribution in [0.1, 0.15) is 13.3 Å². The normalized spacial score (nSPS) is 23.9. The molecule has 0 radical (unpaired) electrons. The number of hydrogen-bond donors (Lipinski definition) is 0. The van der Waals surface area contributed by atoms with Crippen molar-refractivity contribution >= 4 is 5.91 Å². The molecule has 2 fully saturated rings. The highest BCUT2D eigenvalue weighted by Gasteiger charge is 2.26. The lowest BCUT2D eigenvalue weighted by Crippen LogP contribution is -2.49. The second-order valence-electron chi connectivity index (χ2n) is 4.42. The molecule has 0 spiro atoms. The second-order valence-corrected chi connectivity index (χ2v) is 4.42. The van der Waals surface area contributed by atoms with Gasteiger partial charge in [0.15, 0.2) is 0 Å². The minimum absolute atomic E-state index is 0.319. The summed E-state index contributed by atoms with van der Waals surface area (Å²) in [4.78, 5) is 16.2. The zero-order valence-corrected chi connectivity index (χ0v) is 9.45. The first-order valence-electron chi connectivity index (χ1n) is 5.87. The predicted octanol–water partition coefficient (Wildman–Crippen LogP) is 0.187. The molecule has 4 nitrogen and oxygen atoms in total. The smallest absolute Gasteiger partial charge is 0.223 e. The van der Waals surface area contributed by atoms with Crippen LogP contribution < -0.4 is 0 Å². The van der Waals surface area contributed by atoms with E-state index in [-0.39, 0.29) is 0 Å². The molecule has 0 bridgehead atoms. The largest absolute Gasteiger partial charge is 0.381 e. The predicted molar refractivity (Wildman–Crippen MR) is 57.6 cm³/mol. The summed E-state index contributed by atoms with van der Waals surface area (Å²) >= 11 is 0. The molecule has 0 aromatic heterocycles. The van der Waals surface area contributed by atoms with Crippen molar-refractivity contribution < 1.29 is 9.53 Å². The molecule has 86 valence electrons. The molecular formula is C11H20N2O2. The lowest BCUT2D eigenvalue weighted by atomic mass is 10.0. The monoisotopic (exact) mass is 212 g/mol. The maximum atomic E-state index is 11.8. The average molecular weight is 212 g/mol. The van der Waals surface area contributed by atoms with Crippen molar-refractivity contribution in [3.05, 3.63) is 0 Å². The number of nitrogens with zero attached hydrogens (tertiary/aromatic N) is 2. The second kappa shape index (κ2) is 4.94. The number of carbonyl (C=O) groups is 1. The third-order valence-electron chi connectivity index (χ3n) is 3.34. The van der Waals surface area contributed by atoms with Crippen LogP contribution in [0.2, 0.25) is 0 Å². The van der Waals surface area contributed by atoms with E-state index in [1.54, 1.807) is 0 Å². The van der Waals surface area contributed by atoms with Crippen LogP contribution in [0.5, 0.6) is 0 Å². The third kappa shape index (κ3) is 2.69. The average Bonchev–Trinajstić information content (AvgIpc) is 2.23. The Morgan fingerprint density at radius 3 is 2.40 bits per heavy atom. The molecule has 15 heavy (non-hydrogen) atoms. The van der Waals surface area contributed by atoms with Crippen LogP contribution >= 0.6 is 0 Å².